The molecule has 0 radical (unpaired) electrons. The first-order valence-electron chi connectivity index (χ1n) is 0. The van der Waals surface area contributed by atoms with E-state index >= 15 is 0 Å². The summed E-state index contributed by atoms with van der Waals surface area (Å²) < 4.78 is 0. The van der Waals surface area contributed by atoms with Gasteiger partial charge in [-0.05, 0) is 0 Å². The molecule has 0 nitrogen and oxygen atoms in total. The Kier molecular flexibility index (Phi) is 304. The molecule has 0 aromatic heterocycles. The predicted molar refractivity (Wildman–Crippen MR) is 5.75 cm³/mol. The van der Waals surface area contributed by atoms with Gasteiger partial charge in [-0.3, -0.25) is 0 Å². The van der Waals surface area contributed by atoms with Crippen LogP contribution in [-0.2, 0) is 0 Å². The van der Waals surface area contributed by atoms with Crippen LogP contribution in [0.3, 0.4) is 0 Å². The predicted octanol–water partition coefficient (Wildman–Crippen LogP) is -18.4. The van der Waals surface area contributed by atoms with E-state index in [0.717, 1.165) is 0 Å². The van der Waals surface area contributed by atoms with Crippen molar-refractivity contribution in [1.29, 1.82) is 0 Å². The molecule has 0 saturated heterocycles. The smallest absolute Gasteiger partial charge is 1.00 e. The summed E-state index contributed by atoms with van der Waals surface area (Å²) in [5, 5.41) is 0. The molecule has 0 spiro atoms. The Morgan fingerprint density at radius 1 is 0.429 bits per heavy atom. The van der Waals surface area contributed by atoms with Gasteiger partial charge in [-0.15, -0.1) is 0 Å². The summed E-state index contributed by atoms with van der Waals surface area (Å²) >= 11 is 0. The molecule has 0 unspecified atom stereocenters. The summed E-state index contributed by atoms with van der Waals surface area (Å²) in [5.41, 5.74) is 0. The fourth-order valence-corrected chi connectivity index (χ4v) is 0. The number of hydrogen-bond acceptors (Lipinski definition) is 0. The Balaban J connectivity index is 0. The first-order valence-corrected chi connectivity index (χ1v) is 0. The van der Waals surface area contributed by atoms with Crippen LogP contribution in [0, 0.1) is 0 Å². The van der Waals surface area contributed by atoms with E-state index in [9.17, 15) is 0 Å². The maximum Gasteiger partial charge on any atom is 4.00 e. The van der Waals surface area contributed by atoms with Gasteiger partial charge in [0, 0.05) is 0 Å². The monoisotopic (exact) mass is 795 g/mol. The number of halogens is 5. The molecule has 0 fully saturated rings. The van der Waals surface area contributed by atoms with Gasteiger partial charge >= 0.3 is 79.9 Å². The summed E-state index contributed by atoms with van der Waals surface area (Å²) in [7, 11) is 0. The maximum atomic E-state index is 0. The minimum atomic E-state index is 0. The van der Waals surface area contributed by atoms with Gasteiger partial charge in [0.05, 0.1) is 0 Å². The van der Waals surface area contributed by atoms with E-state index in [1.54, 1.807) is 0 Å². The van der Waals surface area contributed by atoms with E-state index in [1.165, 1.54) is 0 Å². The Morgan fingerprint density at radius 3 is 0.429 bits per heavy atom. The summed E-state index contributed by atoms with van der Waals surface area (Å²) in [6.45, 7) is 0. The zero-order valence-corrected chi connectivity index (χ0v) is 21.5. The van der Waals surface area contributed by atoms with Crippen LogP contribution in [0.2, 0.25) is 0 Å². The van der Waals surface area contributed by atoms with Crippen LogP contribution in [-0.4, -0.2) is 11.0 Å². The zero-order valence-electron chi connectivity index (χ0n) is 3.39. The molecule has 0 aliphatic rings. The summed E-state index contributed by atoms with van der Waals surface area (Å²) in [6.07, 6.45) is 0. The van der Waals surface area contributed by atoms with Crippen molar-refractivity contribution in [3.05, 3.63) is 0 Å². The third-order valence-electron chi connectivity index (χ3n) is 0. The maximum absolute atomic E-state index is 0. The van der Waals surface area contributed by atoms with Gasteiger partial charge in [-0.25, -0.2) is 0 Å². The van der Waals surface area contributed by atoms with Crippen molar-refractivity contribution in [1.82, 2.24) is 0 Å². The van der Waals surface area contributed by atoms with E-state index in [2.05, 4.69) is 0 Å². The topological polar surface area (TPSA) is 0 Å². The van der Waals surface area contributed by atoms with Gasteiger partial charge in [-0.2, -0.15) is 0 Å². The number of rotatable bonds is 0. The van der Waals surface area contributed by atoms with Crippen LogP contribution in [0.5, 0.6) is 0 Å². The SMILES string of the molecule is [Cs+].[I-].[I-].[I-].[I-].[I-].[Si+4]. The average Bonchev–Trinajstić information content (AvgIpc) is 0. The minimum Gasteiger partial charge on any atom is -1.00 e. The van der Waals surface area contributed by atoms with Crippen LogP contribution in [0.1, 0.15) is 0 Å². The second-order valence-electron chi connectivity index (χ2n) is 0. The molecule has 0 rings (SSSR count). The molecule has 0 N–H and O–H groups in total. The molecular formula is CsI5Si. The van der Waals surface area contributed by atoms with Gasteiger partial charge in [-0.1, -0.05) is 0 Å². The van der Waals surface area contributed by atoms with Crippen LogP contribution < -0.4 is 189 Å². The Hall–Kier alpha value is 5.92. The van der Waals surface area contributed by atoms with Crippen molar-refractivity contribution in [2.75, 3.05) is 0 Å². The standard InChI is InChI=1S/Cs.5HI.Si/h;5*1H;/q+1;;;;;;+4/p-5. The molecular weight excluding hydrogens is 796 g/mol. The van der Waals surface area contributed by atoms with Crippen LogP contribution in [0.15, 0.2) is 0 Å². The third kappa shape index (κ3) is 33.5. The van der Waals surface area contributed by atoms with Gasteiger partial charge < -0.3 is 120 Å². The van der Waals surface area contributed by atoms with Crippen LogP contribution in [0.25, 0.3) is 0 Å². The van der Waals surface area contributed by atoms with E-state index in [0.29, 0.717) is 0 Å². The van der Waals surface area contributed by atoms with E-state index < -0.39 is 0 Å². The van der Waals surface area contributed by atoms with Crippen LogP contribution >= 0.6 is 0 Å². The molecule has 0 aliphatic heterocycles. The van der Waals surface area contributed by atoms with Crippen LogP contribution in [0.4, 0.5) is 0 Å². The molecule has 40 valence electrons. The molecule has 7 heteroatoms. The van der Waals surface area contributed by atoms with Gasteiger partial charge in [0.1, 0.15) is 0 Å². The largest absolute Gasteiger partial charge is 4.00 e. The van der Waals surface area contributed by atoms with E-state index in [1.807, 2.05) is 0 Å². The van der Waals surface area contributed by atoms with Gasteiger partial charge in [0.2, 0.25) is 0 Å². The second-order valence-corrected chi connectivity index (χ2v) is 0. The molecule has 0 aromatic rings. The zero-order chi connectivity index (χ0) is 0. The fraction of sp³-hybridized carbons (Fsp3) is 0. The first kappa shape index (κ1) is 52.4. The van der Waals surface area contributed by atoms with Crippen molar-refractivity contribution in [2.45, 2.75) is 0 Å². The van der Waals surface area contributed by atoms with Crippen molar-refractivity contribution in [3.8, 4) is 0 Å². The van der Waals surface area contributed by atoms with Crippen molar-refractivity contribution in [3.63, 3.8) is 0 Å². The molecule has 0 bridgehead atoms. The summed E-state index contributed by atoms with van der Waals surface area (Å²) in [5.74, 6) is 0. The molecule has 0 amide bonds. The van der Waals surface area contributed by atoms with E-state index in [4.69, 9.17) is 0 Å². The van der Waals surface area contributed by atoms with Crippen molar-refractivity contribution < 1.29 is 189 Å². The molecule has 0 heterocycles. The molecule has 0 aliphatic carbocycles. The summed E-state index contributed by atoms with van der Waals surface area (Å²) in [6, 6.07) is 0. The fourth-order valence-electron chi connectivity index (χ4n) is 0. The minimum absolute atomic E-state index is 0. The molecule has 0 atom stereocenters. The normalized spacial score (nSPS) is 0. The number of hydrogen-bond donors (Lipinski definition) is 0. The molecule has 7 heavy (non-hydrogen) atoms. The van der Waals surface area contributed by atoms with Crippen molar-refractivity contribution in [2.24, 2.45) is 0 Å². The van der Waals surface area contributed by atoms with Crippen molar-refractivity contribution >= 4 is 11.0 Å². The Labute approximate surface area is 193 Å². The van der Waals surface area contributed by atoms with E-state index in [-0.39, 0.29) is 200 Å². The third-order valence-corrected chi connectivity index (χ3v) is 0. The second kappa shape index (κ2) is 40.6. The Bertz CT molecular complexity index is 8.04. The molecule has 0 saturated carbocycles. The summed E-state index contributed by atoms with van der Waals surface area (Å²) in [4.78, 5) is 0. The molecule has 0 aromatic carbocycles. The average molecular weight is 796 g/mol. The Morgan fingerprint density at radius 2 is 0.429 bits per heavy atom. The first-order chi connectivity index (χ1) is 0. The quantitative estimate of drug-likeness (QED) is 0.169. The van der Waals surface area contributed by atoms with Gasteiger partial charge in [0.15, 0.2) is 0 Å². The van der Waals surface area contributed by atoms with Gasteiger partial charge in [0.25, 0.3) is 0 Å².